The minimum atomic E-state index is 0.0518. The third kappa shape index (κ3) is 3.72. The Bertz CT molecular complexity index is 890. The van der Waals surface area contributed by atoms with Gasteiger partial charge in [0, 0.05) is 10.9 Å². The van der Waals surface area contributed by atoms with E-state index in [1.807, 2.05) is 46.7 Å². The standard InChI is InChI=1S/C20H18BrNO2S/c21-20-17-6-2-1-4-14(17)7-10-18(20)24-13-19(23)22(15-8-9-15)12-16-5-3-11-25-16/h1-7,10-11,15H,8-9,12-13H2. The van der Waals surface area contributed by atoms with E-state index < -0.39 is 0 Å². The molecule has 128 valence electrons. The largest absolute Gasteiger partial charge is 0.483 e. The molecule has 3 aromatic rings. The monoisotopic (exact) mass is 415 g/mol. The zero-order valence-electron chi connectivity index (χ0n) is 13.7. The van der Waals surface area contributed by atoms with E-state index in [9.17, 15) is 4.79 Å². The zero-order chi connectivity index (χ0) is 17.2. The Kier molecular flexibility index (Phi) is 4.77. The van der Waals surface area contributed by atoms with E-state index >= 15 is 0 Å². The number of thiophene rings is 1. The van der Waals surface area contributed by atoms with Gasteiger partial charge in [-0.05, 0) is 57.1 Å². The topological polar surface area (TPSA) is 29.5 Å². The van der Waals surface area contributed by atoms with Gasteiger partial charge in [0.05, 0.1) is 11.0 Å². The Hall–Kier alpha value is -1.85. The van der Waals surface area contributed by atoms with Crippen LogP contribution < -0.4 is 4.74 Å². The lowest BCUT2D eigenvalue weighted by molar-refractivity contribution is -0.134. The second kappa shape index (κ2) is 7.18. The van der Waals surface area contributed by atoms with Crippen LogP contribution in [0.5, 0.6) is 5.75 Å². The molecule has 0 aliphatic heterocycles. The summed E-state index contributed by atoms with van der Waals surface area (Å²) in [5, 5.41) is 4.28. The van der Waals surface area contributed by atoms with Crippen LogP contribution in [0.15, 0.2) is 58.4 Å². The van der Waals surface area contributed by atoms with Gasteiger partial charge in [0.1, 0.15) is 5.75 Å². The van der Waals surface area contributed by atoms with Crippen LogP contribution in [0.25, 0.3) is 10.8 Å². The number of fused-ring (bicyclic) bond motifs is 1. The molecule has 2 aromatic carbocycles. The summed E-state index contributed by atoms with van der Waals surface area (Å²) < 4.78 is 6.75. The quantitative estimate of drug-likeness (QED) is 0.551. The van der Waals surface area contributed by atoms with Crippen LogP contribution in [-0.2, 0) is 11.3 Å². The predicted octanol–water partition coefficient (Wildman–Crippen LogP) is 5.23. The Morgan fingerprint density at radius 2 is 2.00 bits per heavy atom. The normalized spacial score (nSPS) is 13.8. The molecule has 0 N–H and O–H groups in total. The maximum atomic E-state index is 12.7. The molecular weight excluding hydrogens is 398 g/mol. The first kappa shape index (κ1) is 16.6. The fraction of sp³-hybridized carbons (Fsp3) is 0.250. The smallest absolute Gasteiger partial charge is 0.261 e. The van der Waals surface area contributed by atoms with E-state index in [2.05, 4.69) is 28.1 Å². The minimum Gasteiger partial charge on any atom is -0.483 e. The molecule has 1 aliphatic carbocycles. The predicted molar refractivity (Wildman–Crippen MR) is 105 cm³/mol. The van der Waals surface area contributed by atoms with Crippen LogP contribution in [0.4, 0.5) is 0 Å². The van der Waals surface area contributed by atoms with Crippen molar-refractivity contribution in [1.82, 2.24) is 4.90 Å². The summed E-state index contributed by atoms with van der Waals surface area (Å²) in [5.74, 6) is 0.759. The lowest BCUT2D eigenvalue weighted by Gasteiger charge is -2.22. The molecule has 4 rings (SSSR count). The number of carbonyl (C=O) groups is 1. The van der Waals surface area contributed by atoms with Crippen molar-refractivity contribution < 1.29 is 9.53 Å². The zero-order valence-corrected chi connectivity index (χ0v) is 16.1. The summed E-state index contributed by atoms with van der Waals surface area (Å²) in [6, 6.07) is 16.5. The van der Waals surface area contributed by atoms with Gasteiger partial charge in [-0.3, -0.25) is 4.79 Å². The number of rotatable bonds is 6. The van der Waals surface area contributed by atoms with Gasteiger partial charge in [0.25, 0.3) is 5.91 Å². The first-order valence-electron chi connectivity index (χ1n) is 8.34. The molecule has 1 aliphatic rings. The molecule has 1 fully saturated rings. The van der Waals surface area contributed by atoms with Crippen LogP contribution in [0.1, 0.15) is 17.7 Å². The molecule has 0 saturated heterocycles. The molecule has 0 spiro atoms. The molecule has 25 heavy (non-hydrogen) atoms. The maximum absolute atomic E-state index is 12.7. The summed E-state index contributed by atoms with van der Waals surface area (Å²) >= 11 is 5.30. The van der Waals surface area contributed by atoms with Crippen molar-refractivity contribution in [2.45, 2.75) is 25.4 Å². The van der Waals surface area contributed by atoms with Crippen molar-refractivity contribution in [3.8, 4) is 5.75 Å². The van der Waals surface area contributed by atoms with Crippen molar-refractivity contribution in [1.29, 1.82) is 0 Å². The lowest BCUT2D eigenvalue weighted by Crippen LogP contribution is -2.36. The molecule has 1 aromatic heterocycles. The SMILES string of the molecule is O=C(COc1ccc2ccccc2c1Br)N(Cc1cccs1)C1CC1. The molecule has 3 nitrogen and oxygen atoms in total. The van der Waals surface area contributed by atoms with Crippen LogP contribution in [0, 0.1) is 0 Å². The second-order valence-corrected chi connectivity index (χ2v) is 8.04. The minimum absolute atomic E-state index is 0.0518. The highest BCUT2D eigenvalue weighted by atomic mass is 79.9. The highest BCUT2D eigenvalue weighted by Gasteiger charge is 2.32. The summed E-state index contributed by atoms with van der Waals surface area (Å²) in [4.78, 5) is 15.9. The number of hydrogen-bond donors (Lipinski definition) is 0. The van der Waals surface area contributed by atoms with Crippen molar-refractivity contribution in [3.63, 3.8) is 0 Å². The fourth-order valence-corrected chi connectivity index (χ4v) is 4.24. The molecule has 0 atom stereocenters. The van der Waals surface area contributed by atoms with Gasteiger partial charge >= 0.3 is 0 Å². The Morgan fingerprint density at radius 3 is 2.76 bits per heavy atom. The van der Waals surface area contributed by atoms with E-state index in [1.165, 1.54) is 4.88 Å². The van der Waals surface area contributed by atoms with Crippen molar-refractivity contribution in [2.75, 3.05) is 6.61 Å². The number of benzene rings is 2. The highest BCUT2D eigenvalue weighted by Crippen LogP contribution is 2.33. The molecule has 1 heterocycles. The van der Waals surface area contributed by atoms with Crippen molar-refractivity contribution >= 4 is 43.9 Å². The Labute approximate surface area is 159 Å². The average Bonchev–Trinajstić information content (AvgIpc) is 3.35. The van der Waals surface area contributed by atoms with Gasteiger partial charge in [0.15, 0.2) is 6.61 Å². The molecule has 1 saturated carbocycles. The molecule has 5 heteroatoms. The van der Waals surface area contributed by atoms with Crippen LogP contribution in [-0.4, -0.2) is 23.5 Å². The average molecular weight is 416 g/mol. The van der Waals surface area contributed by atoms with Crippen LogP contribution in [0.3, 0.4) is 0 Å². The lowest BCUT2D eigenvalue weighted by atomic mass is 10.1. The van der Waals surface area contributed by atoms with Gasteiger partial charge < -0.3 is 9.64 Å². The fourth-order valence-electron chi connectivity index (χ4n) is 2.93. The van der Waals surface area contributed by atoms with E-state index in [0.29, 0.717) is 18.3 Å². The van der Waals surface area contributed by atoms with Crippen molar-refractivity contribution in [3.05, 3.63) is 63.3 Å². The van der Waals surface area contributed by atoms with Crippen molar-refractivity contribution in [2.24, 2.45) is 0 Å². The Morgan fingerprint density at radius 1 is 1.16 bits per heavy atom. The number of hydrogen-bond acceptors (Lipinski definition) is 3. The van der Waals surface area contributed by atoms with Gasteiger partial charge in [-0.15, -0.1) is 11.3 Å². The summed E-state index contributed by atoms with van der Waals surface area (Å²) in [6.07, 6.45) is 2.19. The highest BCUT2D eigenvalue weighted by molar-refractivity contribution is 9.10. The molecule has 0 bridgehead atoms. The Balaban J connectivity index is 1.46. The van der Waals surface area contributed by atoms with E-state index in [-0.39, 0.29) is 12.5 Å². The number of carbonyl (C=O) groups excluding carboxylic acids is 1. The molecule has 0 unspecified atom stereocenters. The molecular formula is C20H18BrNO2S. The van der Waals surface area contributed by atoms with Gasteiger partial charge in [-0.1, -0.05) is 36.4 Å². The van der Waals surface area contributed by atoms with E-state index in [1.54, 1.807) is 11.3 Å². The number of nitrogens with zero attached hydrogens (tertiary/aromatic N) is 1. The summed E-state index contributed by atoms with van der Waals surface area (Å²) in [7, 11) is 0. The van der Waals surface area contributed by atoms with E-state index in [4.69, 9.17) is 4.74 Å². The first-order chi connectivity index (χ1) is 12.2. The number of halogens is 1. The number of ether oxygens (including phenoxy) is 1. The van der Waals surface area contributed by atoms with Gasteiger partial charge in [-0.2, -0.15) is 0 Å². The summed E-state index contributed by atoms with van der Waals surface area (Å²) in [6.45, 7) is 0.752. The van der Waals surface area contributed by atoms with E-state index in [0.717, 1.165) is 28.1 Å². The third-order valence-electron chi connectivity index (χ3n) is 4.39. The molecule has 1 amide bonds. The van der Waals surface area contributed by atoms with Gasteiger partial charge in [-0.25, -0.2) is 0 Å². The second-order valence-electron chi connectivity index (χ2n) is 6.22. The van der Waals surface area contributed by atoms with Crippen LogP contribution >= 0.6 is 27.3 Å². The molecule has 0 radical (unpaired) electrons. The third-order valence-corrected chi connectivity index (χ3v) is 6.07. The number of amides is 1. The van der Waals surface area contributed by atoms with Gasteiger partial charge in [0.2, 0.25) is 0 Å². The summed E-state index contributed by atoms with van der Waals surface area (Å²) in [5.41, 5.74) is 0. The first-order valence-corrected chi connectivity index (χ1v) is 10.0. The maximum Gasteiger partial charge on any atom is 0.261 e. The van der Waals surface area contributed by atoms with Crippen LogP contribution in [0.2, 0.25) is 0 Å².